The van der Waals surface area contributed by atoms with Crippen molar-refractivity contribution in [3.05, 3.63) is 40.2 Å². The smallest absolute Gasteiger partial charge is 0.507 e. The highest BCUT2D eigenvalue weighted by Crippen LogP contribution is 2.59. The highest BCUT2D eigenvalue weighted by atomic mass is 28.4. The average molecular weight is 767 g/mol. The average Bonchev–Trinajstić information content (AvgIpc) is 3.40. The zero-order valence-electron chi connectivity index (χ0n) is 32.1. The first-order valence-electron chi connectivity index (χ1n) is 17.7. The van der Waals surface area contributed by atoms with E-state index in [9.17, 15) is 23.1 Å². The van der Waals surface area contributed by atoms with Crippen molar-refractivity contribution in [2.75, 3.05) is 20.7 Å². The van der Waals surface area contributed by atoms with Crippen molar-refractivity contribution in [1.29, 1.82) is 0 Å². The van der Waals surface area contributed by atoms with Gasteiger partial charge in [-0.05, 0) is 95.5 Å². The zero-order chi connectivity index (χ0) is 39.6. The predicted molar refractivity (Wildman–Crippen MR) is 189 cm³/mol. The number of ketones is 2. The summed E-state index contributed by atoms with van der Waals surface area (Å²) in [6.45, 7) is 16.7. The van der Waals surface area contributed by atoms with E-state index in [1.54, 1.807) is 39.8 Å². The first-order chi connectivity index (χ1) is 24.3. The maximum atomic E-state index is 15.5. The summed E-state index contributed by atoms with van der Waals surface area (Å²) < 4.78 is 75.0. The van der Waals surface area contributed by atoms with E-state index in [1.807, 2.05) is 40.8 Å². The lowest BCUT2D eigenvalue weighted by atomic mass is 9.57. The fourth-order valence-electron chi connectivity index (χ4n) is 7.17. The van der Waals surface area contributed by atoms with Gasteiger partial charge >= 0.3 is 12.5 Å². The molecule has 4 atom stereocenters. The number of rotatable bonds is 9. The molecule has 1 aromatic heterocycles. The number of fused-ring (bicyclic) bond motifs is 4. The van der Waals surface area contributed by atoms with Gasteiger partial charge in [0.05, 0.1) is 18.2 Å². The van der Waals surface area contributed by atoms with Crippen LogP contribution in [-0.2, 0) is 20.4 Å². The van der Waals surface area contributed by atoms with Crippen molar-refractivity contribution in [3.8, 4) is 17.4 Å². The van der Waals surface area contributed by atoms with Crippen LogP contribution in [0.4, 0.5) is 18.0 Å². The second kappa shape index (κ2) is 13.8. The number of carbonyl (C=O) groups excluding carboxylic acids is 3. The van der Waals surface area contributed by atoms with Crippen LogP contribution in [0, 0.1) is 11.8 Å². The number of nitrogens with zero attached hydrogens (tertiary/aromatic N) is 2. The number of carbonyl (C=O) groups is 3. The Morgan fingerprint density at radius 2 is 1.70 bits per heavy atom. The molecule has 292 valence electrons. The van der Waals surface area contributed by atoms with Gasteiger partial charge in [-0.2, -0.15) is 0 Å². The third kappa shape index (κ3) is 7.33. The van der Waals surface area contributed by atoms with Gasteiger partial charge in [0.15, 0.2) is 19.7 Å². The Balaban J connectivity index is 1.78. The van der Waals surface area contributed by atoms with Crippen LogP contribution in [0.1, 0.15) is 101 Å². The minimum absolute atomic E-state index is 0.00254. The van der Waals surface area contributed by atoms with Crippen molar-refractivity contribution in [3.63, 3.8) is 0 Å². The van der Waals surface area contributed by atoms with Crippen molar-refractivity contribution in [1.82, 2.24) is 10.1 Å². The van der Waals surface area contributed by atoms with Crippen LogP contribution in [0.5, 0.6) is 17.4 Å². The van der Waals surface area contributed by atoms with E-state index in [4.69, 9.17) is 23.2 Å². The summed E-state index contributed by atoms with van der Waals surface area (Å²) >= 11 is 0. The summed E-state index contributed by atoms with van der Waals surface area (Å²) in [7, 11) is 0.465. The Morgan fingerprint density at radius 3 is 2.26 bits per heavy atom. The molecule has 3 aliphatic carbocycles. The van der Waals surface area contributed by atoms with Gasteiger partial charge in [0.25, 0.3) is 5.88 Å². The molecule has 16 heteroatoms. The van der Waals surface area contributed by atoms with Gasteiger partial charge in [-0.3, -0.25) is 14.5 Å². The van der Waals surface area contributed by atoms with Gasteiger partial charge in [0.1, 0.15) is 28.4 Å². The molecule has 53 heavy (non-hydrogen) atoms. The number of aromatic nitrogens is 1. The monoisotopic (exact) mass is 766 g/mol. The Labute approximate surface area is 308 Å². The number of aliphatic hydroxyl groups is 1. The first kappa shape index (κ1) is 40.3. The van der Waals surface area contributed by atoms with E-state index >= 15 is 9.59 Å². The standard InChI is InChI=1S/C37H49F3N2O10Si/c1-12-13-16-47-32-26-29(51-41-32)27(42(8)9)21-18-19-17-20-22(49-37(38,39)40)14-15-23(48-33(46)50-34(2,3)4)25(20)28(43)24(19)30(44)36(21,31(26)45)52-53(10,11)35(5,6)7/h14-15,19,21,27,43H,12-13,16-18H2,1-11H3/t19-,21-,27-,36-/m0/s1. The summed E-state index contributed by atoms with van der Waals surface area (Å²) in [5.74, 6) is -5.10. The molecule has 1 N–H and O–H groups in total. The van der Waals surface area contributed by atoms with Crippen molar-refractivity contribution in [2.24, 2.45) is 11.8 Å². The lowest BCUT2D eigenvalue weighted by Gasteiger charge is -2.55. The Bertz CT molecular complexity index is 1820. The summed E-state index contributed by atoms with van der Waals surface area (Å²) in [5, 5.41) is 15.7. The number of hydrogen-bond donors (Lipinski definition) is 1. The molecule has 1 fully saturated rings. The summed E-state index contributed by atoms with van der Waals surface area (Å²) in [6.07, 6.45) is -5.07. The lowest BCUT2D eigenvalue weighted by Crippen LogP contribution is -2.68. The van der Waals surface area contributed by atoms with Crippen LogP contribution in [0.2, 0.25) is 18.1 Å². The maximum absolute atomic E-state index is 15.5. The molecule has 0 aliphatic heterocycles. The predicted octanol–water partition coefficient (Wildman–Crippen LogP) is 8.36. The Morgan fingerprint density at radius 1 is 1.06 bits per heavy atom. The van der Waals surface area contributed by atoms with Crippen molar-refractivity contribution < 1.29 is 60.6 Å². The fourth-order valence-corrected chi connectivity index (χ4v) is 8.61. The van der Waals surface area contributed by atoms with E-state index in [1.165, 1.54) is 0 Å². The van der Waals surface area contributed by atoms with Crippen LogP contribution in [0.15, 0.2) is 22.2 Å². The molecule has 0 bridgehead atoms. The zero-order valence-corrected chi connectivity index (χ0v) is 33.1. The molecule has 5 rings (SSSR count). The fraction of sp³-hybridized carbons (Fsp3) is 0.622. The van der Waals surface area contributed by atoms with Crippen molar-refractivity contribution >= 4 is 31.8 Å². The van der Waals surface area contributed by atoms with Crippen LogP contribution in [0.25, 0.3) is 5.76 Å². The molecular formula is C37H49F3N2O10Si. The Hall–Kier alpha value is -3.89. The molecule has 0 radical (unpaired) electrons. The largest absolute Gasteiger partial charge is 0.573 e. The van der Waals surface area contributed by atoms with Crippen LogP contribution >= 0.6 is 0 Å². The van der Waals surface area contributed by atoms with Gasteiger partial charge in [-0.15, -0.1) is 13.2 Å². The minimum Gasteiger partial charge on any atom is -0.507 e. The van der Waals surface area contributed by atoms with E-state index in [0.717, 1.165) is 18.6 Å². The maximum Gasteiger partial charge on any atom is 0.573 e. The number of aliphatic hydroxyl groups excluding tert-OH is 1. The van der Waals surface area contributed by atoms with Crippen molar-refractivity contribution in [2.45, 2.75) is 116 Å². The number of unbranched alkanes of at least 4 members (excludes halogenated alkanes) is 1. The Kier molecular flexibility index (Phi) is 10.5. The molecule has 0 spiro atoms. The van der Waals surface area contributed by atoms with Gasteiger partial charge in [-0.1, -0.05) is 34.1 Å². The highest BCUT2D eigenvalue weighted by molar-refractivity contribution is 6.74. The van der Waals surface area contributed by atoms with E-state index in [-0.39, 0.29) is 59.1 Å². The third-order valence-electron chi connectivity index (χ3n) is 10.5. The molecule has 0 unspecified atom stereocenters. The molecular weight excluding hydrogens is 717 g/mol. The number of alkyl halides is 3. The lowest BCUT2D eigenvalue weighted by molar-refractivity contribution is -0.275. The van der Waals surface area contributed by atoms with E-state index in [0.29, 0.717) is 6.42 Å². The van der Waals surface area contributed by atoms with Crippen LogP contribution in [0.3, 0.4) is 0 Å². The van der Waals surface area contributed by atoms with E-state index in [2.05, 4.69) is 9.89 Å². The quantitative estimate of drug-likeness (QED) is 0.0860. The second-order valence-electron chi connectivity index (χ2n) is 16.6. The summed E-state index contributed by atoms with van der Waals surface area (Å²) in [6, 6.07) is 1.23. The van der Waals surface area contributed by atoms with Gasteiger partial charge in [0.2, 0.25) is 11.6 Å². The number of halogens is 3. The normalized spacial score (nSPS) is 23.3. The van der Waals surface area contributed by atoms with Gasteiger partial charge in [0, 0.05) is 17.1 Å². The van der Waals surface area contributed by atoms with Crippen LogP contribution < -0.4 is 14.2 Å². The molecule has 3 aliphatic rings. The molecule has 0 saturated heterocycles. The molecule has 12 nitrogen and oxygen atoms in total. The summed E-state index contributed by atoms with van der Waals surface area (Å²) in [4.78, 5) is 45.3. The number of Topliss-reactive ketones (excluding diaryl/α,β-unsaturated/α-hetero) is 2. The highest BCUT2D eigenvalue weighted by Gasteiger charge is 2.69. The van der Waals surface area contributed by atoms with E-state index < -0.39 is 78.0 Å². The minimum atomic E-state index is -5.11. The number of benzene rings is 1. The molecule has 1 heterocycles. The van der Waals surface area contributed by atoms with Crippen LogP contribution in [-0.4, -0.2) is 79.5 Å². The molecule has 0 amide bonds. The molecule has 1 aromatic carbocycles. The second-order valence-corrected chi connectivity index (χ2v) is 21.4. The molecule has 1 saturated carbocycles. The number of hydrogen-bond acceptors (Lipinski definition) is 12. The van der Waals surface area contributed by atoms with Gasteiger partial charge < -0.3 is 33.0 Å². The third-order valence-corrected chi connectivity index (χ3v) is 14.9. The first-order valence-corrected chi connectivity index (χ1v) is 20.6. The number of ether oxygens (including phenoxy) is 4. The topological polar surface area (TPSA) is 147 Å². The SMILES string of the molecule is CCCCOc1noc2c1C(=O)[C@@]1(O[Si](C)(C)C(C)(C)C)C(=O)C3=C(O)c4c(OC(=O)OC(C)(C)C)ccc(OC(F)(F)F)c4C[C@H]3C[C@H]1[C@@H]2N(C)C. The molecule has 2 aromatic rings. The summed E-state index contributed by atoms with van der Waals surface area (Å²) in [5.41, 5.74) is -3.98. The van der Waals surface area contributed by atoms with Gasteiger partial charge in [-0.25, -0.2) is 4.79 Å².